The van der Waals surface area contributed by atoms with E-state index in [0.29, 0.717) is 13.2 Å². The van der Waals surface area contributed by atoms with Crippen molar-refractivity contribution in [1.29, 1.82) is 0 Å². The van der Waals surface area contributed by atoms with Crippen molar-refractivity contribution in [3.8, 4) is 5.75 Å². The number of carbonyl (C=O) groups excluding carboxylic acids is 1. The summed E-state index contributed by atoms with van der Waals surface area (Å²) in [5.74, 6) is 0.761. The molecule has 0 saturated carbocycles. The molecule has 0 aliphatic carbocycles. The Morgan fingerprint density at radius 2 is 1.91 bits per heavy atom. The van der Waals surface area contributed by atoms with E-state index in [1.54, 1.807) is 0 Å². The number of ether oxygens (including phenoxy) is 2. The van der Waals surface area contributed by atoms with Gasteiger partial charge in [-0.2, -0.15) is 0 Å². The molecule has 4 nitrogen and oxygen atoms in total. The van der Waals surface area contributed by atoms with E-state index >= 15 is 0 Å². The van der Waals surface area contributed by atoms with Gasteiger partial charge in [0, 0.05) is 0 Å². The van der Waals surface area contributed by atoms with Gasteiger partial charge in [0.25, 0.3) is 0 Å². The molecule has 23 heavy (non-hydrogen) atoms. The smallest absolute Gasteiger partial charge is 0.309 e. The fraction of sp³-hybridized carbons (Fsp3) is 0.632. The summed E-state index contributed by atoms with van der Waals surface area (Å²) in [7, 11) is 1.94. The summed E-state index contributed by atoms with van der Waals surface area (Å²) in [6.07, 6.45) is 4.75. The molecule has 0 aliphatic rings. The van der Waals surface area contributed by atoms with Crippen LogP contribution in [0.25, 0.3) is 0 Å². The van der Waals surface area contributed by atoms with E-state index in [1.165, 1.54) is 0 Å². The third-order valence-corrected chi connectivity index (χ3v) is 3.77. The summed E-state index contributed by atoms with van der Waals surface area (Å²) in [6.45, 7) is 6.11. The summed E-state index contributed by atoms with van der Waals surface area (Å²) in [5, 5.41) is 3.10. The van der Waals surface area contributed by atoms with Gasteiger partial charge in [0.05, 0.1) is 19.1 Å². The Hall–Kier alpha value is -1.55. The van der Waals surface area contributed by atoms with Crippen LogP contribution in [0.15, 0.2) is 24.3 Å². The lowest BCUT2D eigenvalue weighted by Crippen LogP contribution is -2.20. The van der Waals surface area contributed by atoms with Gasteiger partial charge in [0.2, 0.25) is 0 Å². The van der Waals surface area contributed by atoms with Crippen LogP contribution in [0.5, 0.6) is 5.75 Å². The molecule has 0 radical (unpaired) electrons. The van der Waals surface area contributed by atoms with Gasteiger partial charge in [-0.3, -0.25) is 4.79 Å². The Bertz CT molecular complexity index is 431. The molecule has 0 fully saturated rings. The molecule has 0 bridgehead atoms. The number of hydrogen-bond donors (Lipinski definition) is 1. The highest BCUT2D eigenvalue weighted by molar-refractivity contribution is 5.72. The van der Waals surface area contributed by atoms with Crippen LogP contribution in [0.1, 0.15) is 45.1 Å². The predicted molar refractivity (Wildman–Crippen MR) is 93.8 cm³/mol. The molecule has 0 amide bonds. The number of hydrogen-bond acceptors (Lipinski definition) is 4. The molecule has 0 aromatic heterocycles. The first-order chi connectivity index (χ1) is 11.2. The summed E-state index contributed by atoms with van der Waals surface area (Å²) in [5.41, 5.74) is 1.15. The maximum Gasteiger partial charge on any atom is 0.309 e. The van der Waals surface area contributed by atoms with Crippen molar-refractivity contribution < 1.29 is 14.3 Å². The molecule has 1 N–H and O–H groups in total. The van der Waals surface area contributed by atoms with Gasteiger partial charge in [0.15, 0.2) is 0 Å². The Kier molecular flexibility index (Phi) is 10.1. The Labute approximate surface area is 140 Å². The predicted octanol–water partition coefficient (Wildman–Crippen LogP) is 3.59. The molecule has 1 unspecified atom stereocenters. The van der Waals surface area contributed by atoms with Crippen molar-refractivity contribution in [2.75, 3.05) is 26.8 Å². The first-order valence-electron chi connectivity index (χ1n) is 8.74. The first kappa shape index (κ1) is 19.5. The Morgan fingerprint density at radius 3 is 2.52 bits per heavy atom. The monoisotopic (exact) mass is 321 g/mol. The van der Waals surface area contributed by atoms with Crippen molar-refractivity contribution in [1.82, 2.24) is 5.32 Å². The van der Waals surface area contributed by atoms with Gasteiger partial charge < -0.3 is 14.8 Å². The molecule has 4 heteroatoms. The minimum absolute atomic E-state index is 0.0442. The van der Waals surface area contributed by atoms with Crippen molar-refractivity contribution in [3.63, 3.8) is 0 Å². The fourth-order valence-corrected chi connectivity index (χ4v) is 2.46. The zero-order valence-electron chi connectivity index (χ0n) is 14.8. The average molecular weight is 321 g/mol. The summed E-state index contributed by atoms with van der Waals surface area (Å²) >= 11 is 0. The first-order valence-corrected chi connectivity index (χ1v) is 8.74. The second-order valence-corrected chi connectivity index (χ2v) is 5.74. The number of unbranched alkanes of at least 4 members (excludes halogenated alkanes) is 1. The number of carbonyl (C=O) groups is 1. The van der Waals surface area contributed by atoms with E-state index in [1.807, 2.05) is 38.2 Å². The topological polar surface area (TPSA) is 47.6 Å². The highest BCUT2D eigenvalue weighted by Gasteiger charge is 2.19. The molecule has 130 valence electrons. The van der Waals surface area contributed by atoms with E-state index in [0.717, 1.165) is 50.0 Å². The molecule has 0 aliphatic heterocycles. The van der Waals surface area contributed by atoms with Crippen LogP contribution in [-0.4, -0.2) is 32.8 Å². The number of nitrogens with one attached hydrogen (secondary N) is 1. The number of esters is 1. The van der Waals surface area contributed by atoms with E-state index in [4.69, 9.17) is 9.47 Å². The second-order valence-electron chi connectivity index (χ2n) is 5.74. The summed E-state index contributed by atoms with van der Waals surface area (Å²) in [4.78, 5) is 12.1. The molecule has 0 spiro atoms. The van der Waals surface area contributed by atoms with Crippen LogP contribution in [0.2, 0.25) is 0 Å². The lowest BCUT2D eigenvalue weighted by atomic mass is 9.94. The molecule has 1 rings (SSSR count). The minimum atomic E-state index is -0.0756. The maximum absolute atomic E-state index is 12.1. The molecule has 1 atom stereocenters. The van der Waals surface area contributed by atoms with Crippen LogP contribution in [0.3, 0.4) is 0 Å². The van der Waals surface area contributed by atoms with Crippen LogP contribution < -0.4 is 10.1 Å². The van der Waals surface area contributed by atoms with Crippen LogP contribution in [0.4, 0.5) is 0 Å². The van der Waals surface area contributed by atoms with Crippen molar-refractivity contribution in [3.05, 3.63) is 29.8 Å². The van der Waals surface area contributed by atoms with Crippen LogP contribution >= 0.6 is 0 Å². The number of benzene rings is 1. The van der Waals surface area contributed by atoms with Gasteiger partial charge in [0.1, 0.15) is 5.75 Å². The zero-order valence-corrected chi connectivity index (χ0v) is 14.8. The maximum atomic E-state index is 12.1. The van der Waals surface area contributed by atoms with Crippen molar-refractivity contribution in [2.24, 2.45) is 5.92 Å². The minimum Gasteiger partial charge on any atom is -0.494 e. The van der Waals surface area contributed by atoms with Crippen LogP contribution in [0, 0.1) is 5.92 Å². The SMILES string of the molecule is CCCCC(Cc1ccc(OCCCNC)cc1)C(=O)OCC. The molecular weight excluding hydrogens is 290 g/mol. The third kappa shape index (κ3) is 8.03. The van der Waals surface area contributed by atoms with Crippen LogP contribution in [-0.2, 0) is 16.0 Å². The lowest BCUT2D eigenvalue weighted by molar-refractivity contribution is -0.148. The van der Waals surface area contributed by atoms with Gasteiger partial charge >= 0.3 is 5.97 Å². The van der Waals surface area contributed by atoms with Gasteiger partial charge in [-0.05, 0) is 57.5 Å². The van der Waals surface area contributed by atoms with Crippen molar-refractivity contribution >= 4 is 5.97 Å². The fourth-order valence-electron chi connectivity index (χ4n) is 2.46. The summed E-state index contributed by atoms with van der Waals surface area (Å²) < 4.78 is 10.9. The molecule has 0 heterocycles. The number of rotatable bonds is 12. The van der Waals surface area contributed by atoms with Crippen molar-refractivity contribution in [2.45, 2.75) is 46.0 Å². The molecule has 0 saturated heterocycles. The Balaban J connectivity index is 2.53. The van der Waals surface area contributed by atoms with E-state index in [2.05, 4.69) is 12.2 Å². The zero-order chi connectivity index (χ0) is 16.9. The molecular formula is C19H31NO3. The Morgan fingerprint density at radius 1 is 1.17 bits per heavy atom. The standard InChI is InChI=1S/C19H31NO3/c1-4-6-8-17(19(21)22-5-2)15-16-9-11-18(12-10-16)23-14-7-13-20-3/h9-12,17,20H,4-8,13-15H2,1-3H3. The summed E-state index contributed by atoms with van der Waals surface area (Å²) in [6, 6.07) is 8.06. The quantitative estimate of drug-likeness (QED) is 0.472. The largest absolute Gasteiger partial charge is 0.494 e. The van der Waals surface area contributed by atoms with Gasteiger partial charge in [-0.25, -0.2) is 0 Å². The second kappa shape index (κ2) is 11.9. The average Bonchev–Trinajstić information content (AvgIpc) is 2.57. The molecule has 1 aromatic carbocycles. The molecule has 1 aromatic rings. The van der Waals surface area contributed by atoms with E-state index in [9.17, 15) is 4.79 Å². The lowest BCUT2D eigenvalue weighted by Gasteiger charge is -2.15. The third-order valence-electron chi connectivity index (χ3n) is 3.77. The highest BCUT2D eigenvalue weighted by atomic mass is 16.5. The van der Waals surface area contributed by atoms with E-state index in [-0.39, 0.29) is 11.9 Å². The normalized spacial score (nSPS) is 12.0. The van der Waals surface area contributed by atoms with Gasteiger partial charge in [-0.15, -0.1) is 0 Å². The van der Waals surface area contributed by atoms with E-state index < -0.39 is 0 Å². The highest BCUT2D eigenvalue weighted by Crippen LogP contribution is 2.20. The van der Waals surface area contributed by atoms with Gasteiger partial charge in [-0.1, -0.05) is 31.9 Å².